The van der Waals surface area contributed by atoms with Crippen molar-refractivity contribution in [1.29, 1.82) is 0 Å². The number of nitrogens with zero attached hydrogens (tertiary/aromatic N) is 2. The van der Waals surface area contributed by atoms with E-state index in [0.29, 0.717) is 41.0 Å². The fraction of sp³-hybridized carbons (Fsp3) is 0.320. The molecule has 33 heavy (non-hydrogen) atoms. The van der Waals surface area contributed by atoms with E-state index in [1.165, 1.54) is 6.26 Å². The lowest BCUT2D eigenvalue weighted by Gasteiger charge is -2.25. The van der Waals surface area contributed by atoms with Gasteiger partial charge in [0.2, 0.25) is 11.8 Å². The van der Waals surface area contributed by atoms with Crippen molar-refractivity contribution in [2.45, 2.75) is 38.6 Å². The van der Waals surface area contributed by atoms with Crippen LogP contribution in [-0.2, 0) is 17.8 Å². The third-order valence-electron chi connectivity index (χ3n) is 5.68. The molecule has 1 aliphatic rings. The van der Waals surface area contributed by atoms with E-state index in [1.807, 2.05) is 35.2 Å². The van der Waals surface area contributed by atoms with Gasteiger partial charge in [-0.3, -0.25) is 9.59 Å². The second-order valence-corrected chi connectivity index (χ2v) is 8.93. The van der Waals surface area contributed by atoms with Crippen molar-refractivity contribution in [3.05, 3.63) is 75.6 Å². The molecule has 3 aromatic rings. The largest absolute Gasteiger partial charge is 0.444 e. The van der Waals surface area contributed by atoms with Gasteiger partial charge in [-0.25, -0.2) is 4.98 Å². The molecule has 0 bridgehead atoms. The molecule has 4 rings (SSSR count). The van der Waals surface area contributed by atoms with Crippen molar-refractivity contribution < 1.29 is 14.0 Å². The minimum absolute atomic E-state index is 0.0429. The van der Waals surface area contributed by atoms with E-state index in [1.54, 1.807) is 12.1 Å². The maximum absolute atomic E-state index is 12.6. The highest BCUT2D eigenvalue weighted by Crippen LogP contribution is 2.23. The Kier molecular flexibility index (Phi) is 7.68. The number of piperidine rings is 1. The molecule has 2 aromatic carbocycles. The van der Waals surface area contributed by atoms with Gasteiger partial charge in [-0.05, 0) is 61.1 Å². The van der Waals surface area contributed by atoms with Gasteiger partial charge in [0, 0.05) is 31.6 Å². The van der Waals surface area contributed by atoms with Crippen molar-refractivity contribution in [2.75, 3.05) is 13.1 Å². The lowest BCUT2D eigenvalue weighted by Crippen LogP contribution is -2.35. The van der Waals surface area contributed by atoms with Crippen LogP contribution < -0.4 is 5.32 Å². The quantitative estimate of drug-likeness (QED) is 0.477. The first-order valence-electron chi connectivity index (χ1n) is 11.0. The summed E-state index contributed by atoms with van der Waals surface area (Å²) in [6.07, 6.45) is 5.60. The summed E-state index contributed by atoms with van der Waals surface area (Å²) in [6, 6.07) is 12.9. The maximum atomic E-state index is 12.6. The molecule has 172 valence electrons. The highest BCUT2D eigenvalue weighted by Gasteiger charge is 2.21. The molecule has 1 aliphatic heterocycles. The molecule has 1 fully saturated rings. The fourth-order valence-electron chi connectivity index (χ4n) is 3.77. The zero-order chi connectivity index (χ0) is 23.2. The molecule has 2 heterocycles. The summed E-state index contributed by atoms with van der Waals surface area (Å²) in [5.74, 6) is 0.288. The Morgan fingerprint density at radius 2 is 1.70 bits per heavy atom. The first kappa shape index (κ1) is 23.3. The number of halogens is 2. The number of carbonyl (C=O) groups excluding carboxylic acids is 2. The Balaban J connectivity index is 1.27. The topological polar surface area (TPSA) is 75.4 Å². The van der Waals surface area contributed by atoms with E-state index >= 15 is 0 Å². The normalized spacial score (nSPS) is 13.7. The molecule has 0 radical (unpaired) electrons. The van der Waals surface area contributed by atoms with Gasteiger partial charge < -0.3 is 14.6 Å². The second kappa shape index (κ2) is 10.9. The number of rotatable bonds is 7. The van der Waals surface area contributed by atoms with E-state index in [4.69, 9.17) is 27.6 Å². The van der Waals surface area contributed by atoms with Gasteiger partial charge in [0.15, 0.2) is 5.69 Å². The number of nitrogens with one attached hydrogen (secondary N) is 1. The summed E-state index contributed by atoms with van der Waals surface area (Å²) in [5.41, 5.74) is 3.04. The second-order valence-electron chi connectivity index (χ2n) is 8.11. The molecular weight excluding hydrogens is 461 g/mol. The molecule has 1 N–H and O–H groups in total. The molecule has 0 aliphatic carbocycles. The van der Waals surface area contributed by atoms with Crippen LogP contribution in [0.15, 0.2) is 53.1 Å². The minimum Gasteiger partial charge on any atom is -0.444 e. The number of carbonyl (C=O) groups is 2. The summed E-state index contributed by atoms with van der Waals surface area (Å²) < 4.78 is 5.54. The third kappa shape index (κ3) is 6.15. The monoisotopic (exact) mass is 485 g/mol. The van der Waals surface area contributed by atoms with Crippen molar-refractivity contribution in [3.63, 3.8) is 0 Å². The first-order valence-corrected chi connectivity index (χ1v) is 11.8. The van der Waals surface area contributed by atoms with Crippen LogP contribution in [0.5, 0.6) is 0 Å². The minimum atomic E-state index is -0.0788. The first-order chi connectivity index (χ1) is 16.0. The number of likely N-dealkylation sites (tertiary alicyclic amines) is 1. The molecule has 0 atom stereocenters. The number of hydrogen-bond acceptors (Lipinski definition) is 4. The van der Waals surface area contributed by atoms with Crippen LogP contribution in [0.25, 0.3) is 11.5 Å². The van der Waals surface area contributed by atoms with Gasteiger partial charge >= 0.3 is 0 Å². The molecule has 1 saturated heterocycles. The summed E-state index contributed by atoms with van der Waals surface area (Å²) in [6.45, 7) is 1.97. The molecule has 0 saturated carbocycles. The van der Waals surface area contributed by atoms with E-state index in [0.717, 1.165) is 49.0 Å². The van der Waals surface area contributed by atoms with Gasteiger partial charge in [-0.2, -0.15) is 0 Å². The highest BCUT2D eigenvalue weighted by atomic mass is 35.5. The molecule has 6 nitrogen and oxygen atoms in total. The van der Waals surface area contributed by atoms with E-state index in [-0.39, 0.29) is 11.8 Å². The average molecular weight is 486 g/mol. The van der Waals surface area contributed by atoms with Crippen LogP contribution in [0.3, 0.4) is 0 Å². The van der Waals surface area contributed by atoms with Gasteiger partial charge in [-0.1, -0.05) is 41.4 Å². The lowest BCUT2D eigenvalue weighted by molar-refractivity contribution is -0.121. The predicted molar refractivity (Wildman–Crippen MR) is 128 cm³/mol. The van der Waals surface area contributed by atoms with E-state index in [2.05, 4.69) is 10.3 Å². The maximum Gasteiger partial charge on any atom is 0.275 e. The molecular formula is C25H25Cl2N3O3. The van der Waals surface area contributed by atoms with Crippen molar-refractivity contribution in [3.8, 4) is 11.5 Å². The van der Waals surface area contributed by atoms with Gasteiger partial charge in [-0.15, -0.1) is 0 Å². The summed E-state index contributed by atoms with van der Waals surface area (Å²) in [5, 5.41) is 3.91. The predicted octanol–water partition coefficient (Wildman–Crippen LogP) is 5.52. The van der Waals surface area contributed by atoms with Gasteiger partial charge in [0.1, 0.15) is 6.26 Å². The number of oxazole rings is 1. The number of aryl methyl sites for hydroxylation is 1. The Morgan fingerprint density at radius 1 is 0.970 bits per heavy atom. The van der Waals surface area contributed by atoms with E-state index in [9.17, 15) is 9.59 Å². The molecule has 1 aromatic heterocycles. The summed E-state index contributed by atoms with van der Waals surface area (Å²) in [4.78, 5) is 31.0. The van der Waals surface area contributed by atoms with Crippen LogP contribution in [0.4, 0.5) is 0 Å². The SMILES string of the molecule is O=C(CCc1ccc(Cl)c(Cl)c1)NCc1ccc(-c2nc(C(=O)N3CCCCC3)co2)cc1. The van der Waals surface area contributed by atoms with Crippen molar-refractivity contribution in [2.24, 2.45) is 0 Å². The van der Waals surface area contributed by atoms with Crippen LogP contribution >= 0.6 is 23.2 Å². The molecule has 0 spiro atoms. The Bertz CT molecular complexity index is 1120. The van der Waals surface area contributed by atoms with Gasteiger partial charge in [0.25, 0.3) is 5.91 Å². The van der Waals surface area contributed by atoms with Crippen LogP contribution in [0, 0.1) is 0 Å². The zero-order valence-corrected chi connectivity index (χ0v) is 19.7. The number of benzene rings is 2. The number of aromatic nitrogens is 1. The lowest BCUT2D eigenvalue weighted by atomic mass is 10.1. The Labute approximate surface area is 202 Å². The van der Waals surface area contributed by atoms with Crippen LogP contribution in [-0.4, -0.2) is 34.8 Å². The van der Waals surface area contributed by atoms with Crippen LogP contribution in [0.1, 0.15) is 47.3 Å². The van der Waals surface area contributed by atoms with Crippen LogP contribution in [0.2, 0.25) is 10.0 Å². The Morgan fingerprint density at radius 3 is 2.42 bits per heavy atom. The summed E-state index contributed by atoms with van der Waals surface area (Å²) >= 11 is 11.9. The van der Waals surface area contributed by atoms with Crippen molar-refractivity contribution >= 4 is 35.0 Å². The number of amides is 2. The smallest absolute Gasteiger partial charge is 0.275 e. The molecule has 8 heteroatoms. The average Bonchev–Trinajstić information content (AvgIpc) is 3.34. The standard InChI is InChI=1S/C25H25Cl2N3O3/c26-20-10-6-17(14-21(20)27)7-11-23(31)28-15-18-4-8-19(9-5-18)24-29-22(16-33-24)25(32)30-12-2-1-3-13-30/h4-6,8-10,14,16H,1-3,7,11-13,15H2,(H,28,31). The molecule has 2 amide bonds. The zero-order valence-electron chi connectivity index (χ0n) is 18.2. The number of hydrogen-bond donors (Lipinski definition) is 1. The highest BCUT2D eigenvalue weighted by molar-refractivity contribution is 6.42. The Hall–Kier alpha value is -2.83. The fourth-order valence-corrected chi connectivity index (χ4v) is 4.09. The summed E-state index contributed by atoms with van der Waals surface area (Å²) in [7, 11) is 0. The van der Waals surface area contributed by atoms with Crippen molar-refractivity contribution in [1.82, 2.24) is 15.2 Å². The van der Waals surface area contributed by atoms with E-state index < -0.39 is 0 Å². The molecule has 0 unspecified atom stereocenters. The van der Waals surface area contributed by atoms with Gasteiger partial charge in [0.05, 0.1) is 10.0 Å². The third-order valence-corrected chi connectivity index (χ3v) is 6.42.